The standard InChI is InChI=1S/C20H23N5O3/c1-12-7-13(2)9-15(8-12)21-20(26)17(19-22-24-25-23-19)10-14-5-6-16(27-3)11-18(14)28-4/h5-9,11,17H,10H2,1-4H3,(H,21,26)(H,22,23,24,25). The number of rotatable bonds is 7. The number of amides is 1. The summed E-state index contributed by atoms with van der Waals surface area (Å²) < 4.78 is 10.7. The minimum absolute atomic E-state index is 0.218. The number of methoxy groups -OCH3 is 2. The summed E-state index contributed by atoms with van der Waals surface area (Å²) >= 11 is 0. The van der Waals surface area contributed by atoms with E-state index in [1.54, 1.807) is 20.3 Å². The van der Waals surface area contributed by atoms with Crippen LogP contribution in [0.1, 0.15) is 28.4 Å². The predicted molar refractivity (Wildman–Crippen MR) is 105 cm³/mol. The summed E-state index contributed by atoms with van der Waals surface area (Å²) in [6.45, 7) is 3.98. The first-order valence-corrected chi connectivity index (χ1v) is 8.83. The van der Waals surface area contributed by atoms with Crippen LogP contribution in [0.4, 0.5) is 5.69 Å². The number of nitrogens with one attached hydrogen (secondary N) is 2. The number of aryl methyl sites for hydroxylation is 2. The lowest BCUT2D eigenvalue weighted by atomic mass is 9.96. The Kier molecular flexibility index (Phi) is 5.88. The van der Waals surface area contributed by atoms with Crippen LogP contribution in [0.3, 0.4) is 0 Å². The highest BCUT2D eigenvalue weighted by atomic mass is 16.5. The van der Waals surface area contributed by atoms with Crippen molar-refractivity contribution in [1.82, 2.24) is 20.6 Å². The molecular formula is C20H23N5O3. The van der Waals surface area contributed by atoms with Crippen LogP contribution in [0.2, 0.25) is 0 Å². The molecule has 0 saturated heterocycles. The highest BCUT2D eigenvalue weighted by molar-refractivity contribution is 5.95. The number of carbonyl (C=O) groups is 1. The van der Waals surface area contributed by atoms with Crippen molar-refractivity contribution in [3.05, 3.63) is 58.9 Å². The number of aromatic nitrogens is 4. The second-order valence-electron chi connectivity index (χ2n) is 6.57. The molecule has 0 fully saturated rings. The Morgan fingerprint density at radius 1 is 1.11 bits per heavy atom. The molecule has 0 aliphatic rings. The van der Waals surface area contributed by atoms with Gasteiger partial charge in [0.1, 0.15) is 17.4 Å². The van der Waals surface area contributed by atoms with Gasteiger partial charge in [-0.1, -0.05) is 17.3 Å². The van der Waals surface area contributed by atoms with Crippen LogP contribution in [0.15, 0.2) is 36.4 Å². The molecule has 0 bridgehead atoms. The Hall–Kier alpha value is -3.42. The predicted octanol–water partition coefficient (Wildman–Crippen LogP) is 2.80. The molecule has 146 valence electrons. The number of anilines is 1. The molecule has 1 unspecified atom stereocenters. The van der Waals surface area contributed by atoms with Gasteiger partial charge in [-0.15, -0.1) is 10.2 Å². The molecule has 3 rings (SSSR count). The molecule has 2 aromatic carbocycles. The van der Waals surface area contributed by atoms with E-state index >= 15 is 0 Å². The third-order valence-electron chi connectivity index (χ3n) is 4.40. The van der Waals surface area contributed by atoms with Crippen LogP contribution in [-0.4, -0.2) is 40.8 Å². The maximum atomic E-state index is 13.1. The van der Waals surface area contributed by atoms with Gasteiger partial charge in [-0.3, -0.25) is 4.79 Å². The fourth-order valence-corrected chi connectivity index (χ4v) is 3.14. The van der Waals surface area contributed by atoms with Gasteiger partial charge in [0.25, 0.3) is 0 Å². The third-order valence-corrected chi connectivity index (χ3v) is 4.40. The van der Waals surface area contributed by atoms with Gasteiger partial charge in [-0.2, -0.15) is 5.21 Å². The Morgan fingerprint density at radius 2 is 1.86 bits per heavy atom. The SMILES string of the molecule is COc1ccc(CC(C(=O)Nc2cc(C)cc(C)c2)c2nn[nH]n2)c(OC)c1. The monoisotopic (exact) mass is 381 g/mol. The number of nitrogens with zero attached hydrogens (tertiary/aromatic N) is 3. The van der Waals surface area contributed by atoms with Crippen LogP contribution in [0.25, 0.3) is 0 Å². The molecule has 1 heterocycles. The third kappa shape index (κ3) is 4.46. The molecule has 28 heavy (non-hydrogen) atoms. The van der Waals surface area contributed by atoms with E-state index in [1.807, 2.05) is 38.1 Å². The van der Waals surface area contributed by atoms with E-state index in [4.69, 9.17) is 9.47 Å². The van der Waals surface area contributed by atoms with Gasteiger partial charge in [0.05, 0.1) is 14.2 Å². The first kappa shape index (κ1) is 19.3. The zero-order chi connectivity index (χ0) is 20.1. The van der Waals surface area contributed by atoms with Crippen molar-refractivity contribution in [3.63, 3.8) is 0 Å². The molecule has 2 N–H and O–H groups in total. The quantitative estimate of drug-likeness (QED) is 0.652. The summed E-state index contributed by atoms with van der Waals surface area (Å²) in [5, 5.41) is 17.0. The second-order valence-corrected chi connectivity index (χ2v) is 6.57. The molecule has 0 saturated carbocycles. The fraction of sp³-hybridized carbons (Fsp3) is 0.300. The molecule has 1 atom stereocenters. The molecule has 8 heteroatoms. The molecule has 0 aliphatic carbocycles. The highest BCUT2D eigenvalue weighted by Gasteiger charge is 2.27. The van der Waals surface area contributed by atoms with Gasteiger partial charge in [0.15, 0.2) is 5.82 Å². The van der Waals surface area contributed by atoms with Crippen molar-refractivity contribution in [3.8, 4) is 11.5 Å². The minimum Gasteiger partial charge on any atom is -0.497 e. The van der Waals surface area contributed by atoms with Crippen LogP contribution in [0, 0.1) is 13.8 Å². The fourth-order valence-electron chi connectivity index (χ4n) is 3.14. The number of aromatic amines is 1. The van der Waals surface area contributed by atoms with Crippen molar-refractivity contribution >= 4 is 11.6 Å². The largest absolute Gasteiger partial charge is 0.497 e. The number of benzene rings is 2. The Balaban J connectivity index is 1.89. The normalized spacial score (nSPS) is 11.7. The maximum Gasteiger partial charge on any atom is 0.235 e. The first-order valence-electron chi connectivity index (χ1n) is 8.83. The summed E-state index contributed by atoms with van der Waals surface area (Å²) in [6.07, 6.45) is 0.351. The summed E-state index contributed by atoms with van der Waals surface area (Å²) in [5.41, 5.74) is 3.72. The molecule has 1 amide bonds. The summed E-state index contributed by atoms with van der Waals surface area (Å²) in [5.74, 6) is 0.773. The number of hydrogen-bond donors (Lipinski definition) is 2. The Bertz CT molecular complexity index is 936. The number of H-pyrrole nitrogens is 1. The zero-order valence-electron chi connectivity index (χ0n) is 16.3. The van der Waals surface area contributed by atoms with Gasteiger partial charge in [-0.05, 0) is 55.2 Å². The lowest BCUT2D eigenvalue weighted by Crippen LogP contribution is -2.24. The number of carbonyl (C=O) groups excluding carboxylic acids is 1. The molecule has 0 aliphatic heterocycles. The van der Waals surface area contributed by atoms with E-state index in [9.17, 15) is 4.79 Å². The molecule has 8 nitrogen and oxygen atoms in total. The van der Waals surface area contributed by atoms with Crippen LogP contribution >= 0.6 is 0 Å². The Morgan fingerprint density at radius 3 is 2.46 bits per heavy atom. The molecule has 1 aromatic heterocycles. The first-order chi connectivity index (χ1) is 13.5. The number of ether oxygens (including phenoxy) is 2. The van der Waals surface area contributed by atoms with Crippen molar-refractivity contribution in [2.45, 2.75) is 26.2 Å². The molecule has 0 radical (unpaired) electrons. The average Bonchev–Trinajstić information content (AvgIpc) is 3.19. The summed E-state index contributed by atoms with van der Waals surface area (Å²) in [7, 11) is 3.17. The van der Waals surface area contributed by atoms with Gasteiger partial charge < -0.3 is 14.8 Å². The lowest BCUT2D eigenvalue weighted by Gasteiger charge is -2.17. The van der Waals surface area contributed by atoms with Crippen LogP contribution < -0.4 is 14.8 Å². The van der Waals surface area contributed by atoms with Crippen LogP contribution in [-0.2, 0) is 11.2 Å². The summed E-state index contributed by atoms with van der Waals surface area (Å²) in [4.78, 5) is 13.1. The van der Waals surface area contributed by atoms with Crippen molar-refractivity contribution in [1.29, 1.82) is 0 Å². The topological polar surface area (TPSA) is 102 Å². The van der Waals surface area contributed by atoms with Crippen molar-refractivity contribution < 1.29 is 14.3 Å². The van der Waals surface area contributed by atoms with Crippen LogP contribution in [0.5, 0.6) is 11.5 Å². The van der Waals surface area contributed by atoms with Gasteiger partial charge in [0, 0.05) is 11.8 Å². The van der Waals surface area contributed by atoms with Gasteiger partial charge in [-0.25, -0.2) is 0 Å². The second kappa shape index (κ2) is 8.51. The summed E-state index contributed by atoms with van der Waals surface area (Å²) in [6, 6.07) is 11.4. The lowest BCUT2D eigenvalue weighted by molar-refractivity contribution is -0.117. The molecular weight excluding hydrogens is 358 g/mol. The smallest absolute Gasteiger partial charge is 0.235 e. The minimum atomic E-state index is -0.637. The van der Waals surface area contributed by atoms with E-state index in [0.29, 0.717) is 23.7 Å². The average molecular weight is 381 g/mol. The van der Waals surface area contributed by atoms with Crippen molar-refractivity contribution in [2.24, 2.45) is 0 Å². The maximum absolute atomic E-state index is 13.1. The van der Waals surface area contributed by atoms with Crippen molar-refractivity contribution in [2.75, 3.05) is 19.5 Å². The van der Waals surface area contributed by atoms with E-state index in [-0.39, 0.29) is 5.91 Å². The van der Waals surface area contributed by atoms with E-state index in [2.05, 4.69) is 32.0 Å². The van der Waals surface area contributed by atoms with E-state index in [0.717, 1.165) is 22.4 Å². The Labute approximate surface area is 163 Å². The number of hydrogen-bond acceptors (Lipinski definition) is 6. The zero-order valence-corrected chi connectivity index (χ0v) is 16.3. The highest BCUT2D eigenvalue weighted by Crippen LogP contribution is 2.29. The molecule has 3 aromatic rings. The molecule has 0 spiro atoms. The van der Waals surface area contributed by atoms with E-state index < -0.39 is 5.92 Å². The van der Waals surface area contributed by atoms with E-state index in [1.165, 1.54) is 0 Å². The van der Waals surface area contributed by atoms with Gasteiger partial charge in [0.2, 0.25) is 5.91 Å². The van der Waals surface area contributed by atoms with Gasteiger partial charge >= 0.3 is 0 Å². The number of tetrazole rings is 1.